The smallest absolute Gasteiger partial charge is 0.317 e. The second-order valence-corrected chi connectivity index (χ2v) is 7.48. The molecule has 6 heteroatoms. The molecule has 2 saturated heterocycles. The maximum absolute atomic E-state index is 12.4. The number of fused-ring (bicyclic) bond motifs is 1. The van der Waals surface area contributed by atoms with Crippen molar-refractivity contribution in [2.24, 2.45) is 0 Å². The number of piperidine rings is 1. The van der Waals surface area contributed by atoms with E-state index in [1.54, 1.807) is 0 Å². The Bertz CT molecular complexity index is 631. The molecule has 0 bridgehead atoms. The highest BCUT2D eigenvalue weighted by Crippen LogP contribution is 2.26. The van der Waals surface area contributed by atoms with E-state index in [0.29, 0.717) is 26.3 Å². The molecule has 0 spiro atoms. The van der Waals surface area contributed by atoms with Crippen molar-refractivity contribution in [3.05, 3.63) is 29.3 Å². The molecule has 3 heterocycles. The number of amides is 2. The van der Waals surface area contributed by atoms with Crippen molar-refractivity contribution >= 4 is 6.03 Å². The molecule has 142 valence electrons. The van der Waals surface area contributed by atoms with Gasteiger partial charge in [-0.25, -0.2) is 4.79 Å². The van der Waals surface area contributed by atoms with Gasteiger partial charge in [0, 0.05) is 38.6 Å². The minimum Gasteiger partial charge on any atom is -0.493 e. The van der Waals surface area contributed by atoms with Crippen molar-refractivity contribution in [3.63, 3.8) is 0 Å². The SMILES string of the molecule is O=C(NC1CCCN(CCc2ccc3c(c2)CCO3)C1)N1CCOCC1. The summed E-state index contributed by atoms with van der Waals surface area (Å²) in [6.45, 7) is 6.63. The van der Waals surface area contributed by atoms with E-state index < -0.39 is 0 Å². The second-order valence-electron chi connectivity index (χ2n) is 7.48. The van der Waals surface area contributed by atoms with Gasteiger partial charge in [-0.3, -0.25) is 0 Å². The maximum atomic E-state index is 12.4. The van der Waals surface area contributed by atoms with Crippen LogP contribution >= 0.6 is 0 Å². The number of hydrogen-bond donors (Lipinski definition) is 1. The predicted molar refractivity (Wildman–Crippen MR) is 99.7 cm³/mol. The van der Waals surface area contributed by atoms with Crippen molar-refractivity contribution in [3.8, 4) is 5.75 Å². The molecule has 0 aromatic heterocycles. The summed E-state index contributed by atoms with van der Waals surface area (Å²) < 4.78 is 10.9. The number of likely N-dealkylation sites (tertiary alicyclic amines) is 1. The van der Waals surface area contributed by atoms with Crippen LogP contribution in [0.3, 0.4) is 0 Å². The Labute approximate surface area is 155 Å². The molecule has 2 fully saturated rings. The van der Waals surface area contributed by atoms with Gasteiger partial charge in [-0.2, -0.15) is 0 Å². The average Bonchev–Trinajstić information content (AvgIpc) is 3.15. The van der Waals surface area contributed by atoms with E-state index in [4.69, 9.17) is 9.47 Å². The molecular formula is C20H29N3O3. The zero-order valence-electron chi connectivity index (χ0n) is 15.4. The molecule has 1 N–H and O–H groups in total. The van der Waals surface area contributed by atoms with Crippen LogP contribution in [-0.4, -0.2) is 74.4 Å². The third-order valence-corrected chi connectivity index (χ3v) is 5.60. The zero-order valence-corrected chi connectivity index (χ0v) is 15.4. The molecule has 0 aliphatic carbocycles. The molecule has 26 heavy (non-hydrogen) atoms. The van der Waals surface area contributed by atoms with Gasteiger partial charge < -0.3 is 24.6 Å². The normalized spacial score (nSPS) is 23.4. The van der Waals surface area contributed by atoms with Crippen LogP contribution in [0.1, 0.15) is 24.0 Å². The summed E-state index contributed by atoms with van der Waals surface area (Å²) in [5.74, 6) is 1.05. The zero-order chi connectivity index (χ0) is 17.8. The lowest BCUT2D eigenvalue weighted by Gasteiger charge is -2.35. The van der Waals surface area contributed by atoms with E-state index in [2.05, 4.69) is 28.4 Å². The van der Waals surface area contributed by atoms with Crippen molar-refractivity contribution in [2.75, 3.05) is 52.5 Å². The van der Waals surface area contributed by atoms with Gasteiger partial charge in [0.05, 0.1) is 19.8 Å². The summed E-state index contributed by atoms with van der Waals surface area (Å²) in [5.41, 5.74) is 2.73. The van der Waals surface area contributed by atoms with Gasteiger partial charge in [0.15, 0.2) is 0 Å². The van der Waals surface area contributed by atoms with Gasteiger partial charge in [0.2, 0.25) is 0 Å². The molecular weight excluding hydrogens is 330 g/mol. The second kappa shape index (κ2) is 8.27. The van der Waals surface area contributed by atoms with Crippen LogP contribution in [0.15, 0.2) is 18.2 Å². The number of urea groups is 1. The van der Waals surface area contributed by atoms with Crippen molar-refractivity contribution in [2.45, 2.75) is 31.7 Å². The fraction of sp³-hybridized carbons (Fsp3) is 0.650. The maximum Gasteiger partial charge on any atom is 0.317 e. The molecule has 2 amide bonds. The van der Waals surface area contributed by atoms with Gasteiger partial charge >= 0.3 is 6.03 Å². The number of benzene rings is 1. The fourth-order valence-electron chi connectivity index (χ4n) is 4.09. The standard InChI is InChI=1S/C20H29N3O3/c24-20(23-9-12-25-13-10-23)21-18-2-1-7-22(15-18)8-5-16-3-4-19-17(14-16)6-11-26-19/h3-4,14,18H,1-2,5-13,15H2,(H,21,24). The van der Waals surface area contributed by atoms with Crippen LogP contribution in [-0.2, 0) is 17.6 Å². The highest BCUT2D eigenvalue weighted by molar-refractivity contribution is 5.74. The quantitative estimate of drug-likeness (QED) is 0.889. The molecule has 6 nitrogen and oxygen atoms in total. The number of nitrogens with zero attached hydrogens (tertiary/aromatic N) is 2. The summed E-state index contributed by atoms with van der Waals surface area (Å²) in [5, 5.41) is 3.22. The topological polar surface area (TPSA) is 54.0 Å². The first-order valence-electron chi connectivity index (χ1n) is 9.88. The first-order valence-corrected chi connectivity index (χ1v) is 9.88. The number of ether oxygens (including phenoxy) is 2. The van der Waals surface area contributed by atoms with Gasteiger partial charge in [-0.05, 0) is 43.0 Å². The molecule has 0 radical (unpaired) electrons. The molecule has 1 aromatic rings. The Morgan fingerprint density at radius 1 is 1.19 bits per heavy atom. The van der Waals surface area contributed by atoms with Crippen LogP contribution in [0.5, 0.6) is 5.75 Å². The predicted octanol–water partition coefficient (Wildman–Crippen LogP) is 1.67. The van der Waals surface area contributed by atoms with E-state index in [-0.39, 0.29) is 12.1 Å². The lowest BCUT2D eigenvalue weighted by molar-refractivity contribution is 0.0514. The van der Waals surface area contributed by atoms with E-state index in [0.717, 1.165) is 57.7 Å². The Morgan fingerprint density at radius 3 is 2.96 bits per heavy atom. The van der Waals surface area contributed by atoms with Crippen LogP contribution in [0.25, 0.3) is 0 Å². The van der Waals surface area contributed by atoms with Crippen LogP contribution in [0.2, 0.25) is 0 Å². The molecule has 0 saturated carbocycles. The van der Waals surface area contributed by atoms with E-state index in [1.165, 1.54) is 11.1 Å². The number of morpholine rings is 1. The minimum absolute atomic E-state index is 0.0683. The average molecular weight is 359 g/mol. The lowest BCUT2D eigenvalue weighted by Crippen LogP contribution is -2.53. The first-order chi connectivity index (χ1) is 12.8. The van der Waals surface area contributed by atoms with Crippen LogP contribution < -0.4 is 10.1 Å². The van der Waals surface area contributed by atoms with Crippen LogP contribution in [0.4, 0.5) is 4.79 Å². The van der Waals surface area contributed by atoms with Crippen molar-refractivity contribution in [1.82, 2.24) is 15.1 Å². The summed E-state index contributed by atoms with van der Waals surface area (Å²) in [4.78, 5) is 16.7. The summed E-state index contributed by atoms with van der Waals surface area (Å²) >= 11 is 0. The molecule has 1 aromatic carbocycles. The Hall–Kier alpha value is -1.79. The number of carbonyl (C=O) groups is 1. The van der Waals surface area contributed by atoms with E-state index >= 15 is 0 Å². The number of hydrogen-bond acceptors (Lipinski definition) is 4. The number of rotatable bonds is 4. The Kier molecular flexibility index (Phi) is 5.60. The Balaban J connectivity index is 1.25. The highest BCUT2D eigenvalue weighted by atomic mass is 16.5. The third-order valence-electron chi connectivity index (χ3n) is 5.60. The number of carbonyl (C=O) groups excluding carboxylic acids is 1. The summed E-state index contributed by atoms with van der Waals surface area (Å²) in [6, 6.07) is 6.92. The molecule has 1 atom stereocenters. The third kappa shape index (κ3) is 4.30. The molecule has 3 aliphatic heterocycles. The fourth-order valence-corrected chi connectivity index (χ4v) is 4.09. The van der Waals surface area contributed by atoms with E-state index in [1.807, 2.05) is 4.90 Å². The molecule has 4 rings (SSSR count). The van der Waals surface area contributed by atoms with Crippen LogP contribution in [0, 0.1) is 0 Å². The van der Waals surface area contributed by atoms with Gasteiger partial charge in [-0.1, -0.05) is 12.1 Å². The van der Waals surface area contributed by atoms with Gasteiger partial charge in [0.1, 0.15) is 5.75 Å². The lowest BCUT2D eigenvalue weighted by atomic mass is 10.0. The molecule has 1 unspecified atom stereocenters. The Morgan fingerprint density at radius 2 is 2.08 bits per heavy atom. The largest absolute Gasteiger partial charge is 0.493 e. The first kappa shape index (κ1) is 17.6. The van der Waals surface area contributed by atoms with E-state index in [9.17, 15) is 4.79 Å². The van der Waals surface area contributed by atoms with Crippen molar-refractivity contribution in [1.29, 1.82) is 0 Å². The monoisotopic (exact) mass is 359 g/mol. The summed E-state index contributed by atoms with van der Waals surface area (Å²) in [7, 11) is 0. The van der Waals surface area contributed by atoms with Gasteiger partial charge in [-0.15, -0.1) is 0 Å². The van der Waals surface area contributed by atoms with Crippen molar-refractivity contribution < 1.29 is 14.3 Å². The number of nitrogens with one attached hydrogen (secondary N) is 1. The molecule has 3 aliphatic rings. The highest BCUT2D eigenvalue weighted by Gasteiger charge is 2.24. The minimum atomic E-state index is 0.0683. The summed E-state index contributed by atoms with van der Waals surface area (Å²) in [6.07, 6.45) is 4.30. The van der Waals surface area contributed by atoms with Gasteiger partial charge in [0.25, 0.3) is 0 Å².